The van der Waals surface area contributed by atoms with E-state index in [4.69, 9.17) is 0 Å². The third-order valence-corrected chi connectivity index (χ3v) is 3.65. The lowest BCUT2D eigenvalue weighted by molar-refractivity contribution is 0.240. The molecule has 2 N–H and O–H groups in total. The van der Waals surface area contributed by atoms with Gasteiger partial charge in [0.15, 0.2) is 0 Å². The lowest BCUT2D eigenvalue weighted by Crippen LogP contribution is -2.35. The van der Waals surface area contributed by atoms with Crippen molar-refractivity contribution in [2.24, 2.45) is 0 Å². The molecule has 2 rings (SSSR count). The minimum absolute atomic E-state index is 0.0959. The van der Waals surface area contributed by atoms with E-state index in [1.54, 1.807) is 11.3 Å². The first kappa shape index (κ1) is 13.6. The highest BCUT2D eigenvalue weighted by molar-refractivity contribution is 7.09. The standard InChI is InChI=1S/C15H18N2OS/c18-15(17-12-14-9-5-11-19-14)16-10-4-8-13-6-2-1-3-7-13/h1-3,5-7,9,11H,4,8,10,12H2,(H2,16,17,18). The Balaban J connectivity index is 1.57. The Morgan fingerprint density at radius 3 is 2.63 bits per heavy atom. The second-order valence-corrected chi connectivity index (χ2v) is 5.31. The molecule has 0 unspecified atom stereocenters. The Labute approximate surface area is 117 Å². The molecule has 19 heavy (non-hydrogen) atoms. The Morgan fingerprint density at radius 1 is 1.05 bits per heavy atom. The molecule has 2 aromatic rings. The van der Waals surface area contributed by atoms with Gasteiger partial charge in [-0.2, -0.15) is 0 Å². The Morgan fingerprint density at radius 2 is 1.89 bits per heavy atom. The zero-order valence-corrected chi connectivity index (χ0v) is 11.6. The van der Waals surface area contributed by atoms with Crippen LogP contribution in [-0.2, 0) is 13.0 Å². The fourth-order valence-electron chi connectivity index (χ4n) is 1.78. The number of thiophene rings is 1. The molecule has 0 aliphatic rings. The molecule has 0 fully saturated rings. The highest BCUT2D eigenvalue weighted by Gasteiger charge is 2.00. The minimum atomic E-state index is -0.0959. The molecule has 0 atom stereocenters. The van der Waals surface area contributed by atoms with Gasteiger partial charge in [0.1, 0.15) is 0 Å². The van der Waals surface area contributed by atoms with Gasteiger partial charge in [-0.05, 0) is 29.9 Å². The van der Waals surface area contributed by atoms with Crippen molar-refractivity contribution in [3.8, 4) is 0 Å². The van der Waals surface area contributed by atoms with Crippen molar-refractivity contribution in [1.29, 1.82) is 0 Å². The summed E-state index contributed by atoms with van der Waals surface area (Å²) in [5.41, 5.74) is 1.31. The number of aryl methyl sites for hydroxylation is 1. The van der Waals surface area contributed by atoms with E-state index in [9.17, 15) is 4.79 Å². The van der Waals surface area contributed by atoms with Gasteiger partial charge in [0, 0.05) is 11.4 Å². The second-order valence-electron chi connectivity index (χ2n) is 4.28. The van der Waals surface area contributed by atoms with Crippen LogP contribution in [0.25, 0.3) is 0 Å². The normalized spacial score (nSPS) is 10.1. The third-order valence-electron chi connectivity index (χ3n) is 2.77. The smallest absolute Gasteiger partial charge is 0.315 e. The first-order valence-electron chi connectivity index (χ1n) is 6.42. The highest BCUT2D eigenvalue weighted by atomic mass is 32.1. The second kappa shape index (κ2) is 7.59. The van der Waals surface area contributed by atoms with Crippen LogP contribution in [0.2, 0.25) is 0 Å². The van der Waals surface area contributed by atoms with E-state index < -0.39 is 0 Å². The number of hydrogen-bond donors (Lipinski definition) is 2. The van der Waals surface area contributed by atoms with E-state index in [0.29, 0.717) is 13.1 Å². The van der Waals surface area contributed by atoms with E-state index in [0.717, 1.165) is 12.8 Å². The largest absolute Gasteiger partial charge is 0.338 e. The monoisotopic (exact) mass is 274 g/mol. The maximum atomic E-state index is 11.5. The summed E-state index contributed by atoms with van der Waals surface area (Å²) in [6.07, 6.45) is 1.95. The SMILES string of the molecule is O=C(NCCCc1ccccc1)NCc1cccs1. The third kappa shape index (κ3) is 5.14. The number of amides is 2. The summed E-state index contributed by atoms with van der Waals surface area (Å²) in [5, 5.41) is 7.72. The average Bonchev–Trinajstić information content (AvgIpc) is 2.96. The van der Waals surface area contributed by atoms with Crippen molar-refractivity contribution in [3.63, 3.8) is 0 Å². The van der Waals surface area contributed by atoms with Crippen molar-refractivity contribution in [2.75, 3.05) is 6.54 Å². The molecule has 3 nitrogen and oxygen atoms in total. The van der Waals surface area contributed by atoms with Crippen molar-refractivity contribution in [2.45, 2.75) is 19.4 Å². The summed E-state index contributed by atoms with van der Waals surface area (Å²) in [4.78, 5) is 12.7. The molecule has 0 radical (unpaired) electrons. The van der Waals surface area contributed by atoms with Crippen molar-refractivity contribution in [3.05, 3.63) is 58.3 Å². The van der Waals surface area contributed by atoms with E-state index in [1.165, 1.54) is 10.4 Å². The first-order chi connectivity index (χ1) is 9.34. The van der Waals surface area contributed by atoms with Gasteiger partial charge in [-0.15, -0.1) is 11.3 Å². The lowest BCUT2D eigenvalue weighted by atomic mass is 10.1. The van der Waals surface area contributed by atoms with Crippen LogP contribution in [0.3, 0.4) is 0 Å². The Kier molecular flexibility index (Phi) is 5.44. The number of benzene rings is 1. The molecule has 0 aliphatic heterocycles. The first-order valence-corrected chi connectivity index (χ1v) is 7.30. The molecule has 1 aromatic carbocycles. The summed E-state index contributed by atoms with van der Waals surface area (Å²) in [5.74, 6) is 0. The van der Waals surface area contributed by atoms with Gasteiger partial charge in [-0.3, -0.25) is 0 Å². The summed E-state index contributed by atoms with van der Waals surface area (Å²) in [7, 11) is 0. The summed E-state index contributed by atoms with van der Waals surface area (Å²) in [6, 6.07) is 14.2. The van der Waals surface area contributed by atoms with Gasteiger partial charge in [0.05, 0.1) is 6.54 Å². The predicted octanol–water partition coefficient (Wildman–Crippen LogP) is 3.18. The van der Waals surface area contributed by atoms with Gasteiger partial charge < -0.3 is 10.6 Å². The van der Waals surface area contributed by atoms with Crippen molar-refractivity contribution in [1.82, 2.24) is 10.6 Å². The van der Waals surface area contributed by atoms with Crippen LogP contribution >= 0.6 is 11.3 Å². The molecular formula is C15H18N2OS. The topological polar surface area (TPSA) is 41.1 Å². The maximum absolute atomic E-state index is 11.5. The summed E-state index contributed by atoms with van der Waals surface area (Å²) >= 11 is 1.65. The minimum Gasteiger partial charge on any atom is -0.338 e. The van der Waals surface area contributed by atoms with Gasteiger partial charge in [0.25, 0.3) is 0 Å². The number of rotatable bonds is 6. The van der Waals surface area contributed by atoms with Crippen LogP contribution < -0.4 is 10.6 Å². The fourth-order valence-corrected chi connectivity index (χ4v) is 2.43. The van der Waals surface area contributed by atoms with Gasteiger partial charge >= 0.3 is 6.03 Å². The maximum Gasteiger partial charge on any atom is 0.315 e. The van der Waals surface area contributed by atoms with Crippen LogP contribution in [0.4, 0.5) is 4.79 Å². The molecule has 1 aromatic heterocycles. The Bertz CT molecular complexity index is 482. The van der Waals surface area contributed by atoms with E-state index >= 15 is 0 Å². The van der Waals surface area contributed by atoms with Gasteiger partial charge in [0.2, 0.25) is 0 Å². The summed E-state index contributed by atoms with van der Waals surface area (Å²) in [6.45, 7) is 1.30. The summed E-state index contributed by atoms with van der Waals surface area (Å²) < 4.78 is 0. The van der Waals surface area contributed by atoms with Crippen molar-refractivity contribution < 1.29 is 4.79 Å². The molecule has 0 saturated heterocycles. The molecule has 4 heteroatoms. The average molecular weight is 274 g/mol. The van der Waals surface area contributed by atoms with Gasteiger partial charge in [-0.25, -0.2) is 4.79 Å². The number of carbonyl (C=O) groups excluding carboxylic acids is 1. The zero-order valence-electron chi connectivity index (χ0n) is 10.8. The zero-order chi connectivity index (χ0) is 13.3. The quantitative estimate of drug-likeness (QED) is 0.780. The molecule has 100 valence electrons. The number of urea groups is 1. The molecule has 0 spiro atoms. The van der Waals surface area contributed by atoms with Crippen LogP contribution in [0.5, 0.6) is 0 Å². The Hall–Kier alpha value is -1.81. The fraction of sp³-hybridized carbons (Fsp3) is 0.267. The lowest BCUT2D eigenvalue weighted by Gasteiger charge is -2.06. The van der Waals surface area contributed by atoms with E-state index in [-0.39, 0.29) is 6.03 Å². The molecule has 1 heterocycles. The molecule has 0 aliphatic carbocycles. The molecular weight excluding hydrogens is 256 g/mol. The van der Waals surface area contributed by atoms with Crippen LogP contribution in [0.15, 0.2) is 47.8 Å². The molecule has 2 amide bonds. The van der Waals surface area contributed by atoms with E-state index in [2.05, 4.69) is 22.8 Å². The number of carbonyl (C=O) groups is 1. The van der Waals surface area contributed by atoms with Crippen LogP contribution in [0.1, 0.15) is 16.9 Å². The van der Waals surface area contributed by atoms with Gasteiger partial charge in [-0.1, -0.05) is 36.4 Å². The number of hydrogen-bond acceptors (Lipinski definition) is 2. The van der Waals surface area contributed by atoms with Crippen molar-refractivity contribution >= 4 is 17.4 Å². The van der Waals surface area contributed by atoms with Crippen LogP contribution in [-0.4, -0.2) is 12.6 Å². The number of nitrogens with one attached hydrogen (secondary N) is 2. The highest BCUT2D eigenvalue weighted by Crippen LogP contribution is 2.07. The molecule has 0 saturated carbocycles. The predicted molar refractivity (Wildman–Crippen MR) is 79.3 cm³/mol. The molecule has 0 bridgehead atoms. The van der Waals surface area contributed by atoms with E-state index in [1.807, 2.05) is 35.7 Å². The van der Waals surface area contributed by atoms with Crippen LogP contribution in [0, 0.1) is 0 Å².